The van der Waals surface area contributed by atoms with Crippen LogP contribution in [-0.4, -0.2) is 41.5 Å². The second-order valence-electron chi connectivity index (χ2n) is 3.69. The van der Waals surface area contributed by atoms with Crippen molar-refractivity contribution in [3.05, 3.63) is 16.0 Å². The number of nitrogens with one attached hydrogen (secondary N) is 1. The molecular weight excluding hydrogens is 291 g/mol. The zero-order valence-corrected chi connectivity index (χ0v) is 10.2. The number of rotatable bonds is 3. The number of nitrogens with zero attached hydrogens (tertiary/aromatic N) is 3. The molecule has 0 atom stereocenters. The molecule has 4 nitrogen and oxygen atoms in total. The summed E-state index contributed by atoms with van der Waals surface area (Å²) in [6, 6.07) is 0. The minimum atomic E-state index is 0.736. The lowest BCUT2D eigenvalue weighted by atomic mass is 10.0. The third-order valence-electron chi connectivity index (χ3n) is 2.31. The fourth-order valence-electron chi connectivity index (χ4n) is 1.60. The molecule has 0 unspecified atom stereocenters. The molecule has 0 aliphatic carbocycles. The van der Waals surface area contributed by atoms with Crippen molar-refractivity contribution in [3.63, 3.8) is 0 Å². The lowest BCUT2D eigenvalue weighted by Gasteiger charge is -2.36. The van der Waals surface area contributed by atoms with Gasteiger partial charge in [0.1, 0.15) is 0 Å². The second kappa shape index (κ2) is 4.39. The Hall–Kier alpha value is -0.430. The number of hydrogen-bond acceptors (Lipinski definition) is 4. The van der Waals surface area contributed by atoms with Crippen molar-refractivity contribution in [1.29, 1.82) is 0 Å². The number of hydrogen-bond donors (Lipinski definition) is 1. The first-order chi connectivity index (χ1) is 6.74. The van der Waals surface area contributed by atoms with Gasteiger partial charge in [0, 0.05) is 41.5 Å². The van der Waals surface area contributed by atoms with Crippen LogP contribution in [0.1, 0.15) is 0 Å². The Morgan fingerprint density at radius 2 is 2.14 bits per heavy atom. The van der Waals surface area contributed by atoms with Gasteiger partial charge in [-0.2, -0.15) is 0 Å². The average molecular weight is 304 g/mol. The molecule has 1 aromatic heterocycles. The topological polar surface area (TPSA) is 41.0 Å². The smallest absolute Gasteiger partial charge is 0.222 e. The predicted octanol–water partition coefficient (Wildman–Crippen LogP) is 1.05. The fraction of sp³-hybridized carbons (Fsp3) is 0.556. The van der Waals surface area contributed by atoms with E-state index in [2.05, 4.69) is 49.8 Å². The average Bonchev–Trinajstić information content (AvgIpc) is 2.13. The molecule has 0 saturated carbocycles. The molecule has 0 radical (unpaired) electrons. The van der Waals surface area contributed by atoms with Gasteiger partial charge in [-0.15, -0.1) is 0 Å². The van der Waals surface area contributed by atoms with Gasteiger partial charge in [-0.3, -0.25) is 0 Å². The van der Waals surface area contributed by atoms with E-state index in [1.165, 1.54) is 13.1 Å². The minimum Gasteiger partial charge on any atom is -0.354 e. The summed E-state index contributed by atoms with van der Waals surface area (Å²) in [5.74, 6) is 1.49. The molecule has 76 valence electrons. The molecule has 0 bridgehead atoms. The van der Waals surface area contributed by atoms with Crippen LogP contribution >= 0.6 is 22.6 Å². The molecule has 1 N–H and O–H groups in total. The van der Waals surface area contributed by atoms with E-state index in [0.717, 1.165) is 22.0 Å². The third kappa shape index (κ3) is 2.54. The van der Waals surface area contributed by atoms with Gasteiger partial charge in [-0.1, -0.05) is 0 Å². The molecule has 1 saturated heterocycles. The van der Waals surface area contributed by atoms with E-state index in [4.69, 9.17) is 0 Å². The van der Waals surface area contributed by atoms with Gasteiger partial charge in [0.25, 0.3) is 0 Å². The van der Waals surface area contributed by atoms with Crippen LogP contribution in [0.2, 0.25) is 0 Å². The second-order valence-corrected chi connectivity index (χ2v) is 4.94. The predicted molar refractivity (Wildman–Crippen MR) is 64.2 cm³/mol. The molecule has 1 aliphatic heterocycles. The van der Waals surface area contributed by atoms with Crippen molar-refractivity contribution < 1.29 is 0 Å². The number of likely N-dealkylation sites (tertiary alicyclic amines) is 1. The first kappa shape index (κ1) is 10.1. The molecule has 2 heterocycles. The number of halogens is 1. The highest BCUT2D eigenvalue weighted by atomic mass is 127. The van der Waals surface area contributed by atoms with Crippen LogP contribution in [0, 0.1) is 9.49 Å². The summed E-state index contributed by atoms with van der Waals surface area (Å²) in [6.07, 6.45) is 3.64. The Kier molecular flexibility index (Phi) is 3.17. The summed E-state index contributed by atoms with van der Waals surface area (Å²) >= 11 is 2.20. The standard InChI is InChI=1S/C9H13IN4/c1-14-5-7(6-14)2-11-9-12-3-8(10)4-13-9/h3-4,7H,2,5-6H2,1H3,(H,11,12,13). The molecule has 0 aromatic carbocycles. The molecule has 1 fully saturated rings. The lowest BCUT2D eigenvalue weighted by molar-refractivity contribution is 0.144. The summed E-state index contributed by atoms with van der Waals surface area (Å²) in [5, 5.41) is 3.24. The summed E-state index contributed by atoms with van der Waals surface area (Å²) in [4.78, 5) is 10.7. The van der Waals surface area contributed by atoms with E-state index in [0.29, 0.717) is 0 Å². The van der Waals surface area contributed by atoms with Crippen molar-refractivity contribution >= 4 is 28.5 Å². The quantitative estimate of drug-likeness (QED) is 0.848. The van der Waals surface area contributed by atoms with Gasteiger partial charge in [-0.25, -0.2) is 9.97 Å². The van der Waals surface area contributed by atoms with Gasteiger partial charge in [0.2, 0.25) is 5.95 Å². The van der Waals surface area contributed by atoms with Gasteiger partial charge < -0.3 is 10.2 Å². The van der Waals surface area contributed by atoms with Crippen LogP contribution in [0.3, 0.4) is 0 Å². The third-order valence-corrected chi connectivity index (χ3v) is 2.87. The maximum Gasteiger partial charge on any atom is 0.222 e. The van der Waals surface area contributed by atoms with E-state index in [9.17, 15) is 0 Å². The van der Waals surface area contributed by atoms with Crippen molar-refractivity contribution in [1.82, 2.24) is 14.9 Å². The van der Waals surface area contributed by atoms with Crippen molar-refractivity contribution in [2.45, 2.75) is 0 Å². The molecule has 2 rings (SSSR count). The van der Waals surface area contributed by atoms with Crippen LogP contribution in [0.5, 0.6) is 0 Å². The lowest BCUT2D eigenvalue weighted by Crippen LogP contribution is -2.46. The van der Waals surface area contributed by atoms with Crippen LogP contribution in [0.4, 0.5) is 5.95 Å². The summed E-state index contributed by atoms with van der Waals surface area (Å²) in [7, 11) is 2.14. The highest BCUT2D eigenvalue weighted by Gasteiger charge is 2.22. The zero-order valence-electron chi connectivity index (χ0n) is 8.07. The Bertz CT molecular complexity index is 294. The van der Waals surface area contributed by atoms with Crippen LogP contribution in [-0.2, 0) is 0 Å². The van der Waals surface area contributed by atoms with Crippen LogP contribution in [0.25, 0.3) is 0 Å². The van der Waals surface area contributed by atoms with Crippen LogP contribution in [0.15, 0.2) is 12.4 Å². The van der Waals surface area contributed by atoms with Crippen molar-refractivity contribution in [2.24, 2.45) is 5.92 Å². The Balaban J connectivity index is 1.78. The molecule has 5 heteroatoms. The monoisotopic (exact) mass is 304 g/mol. The highest BCUT2D eigenvalue weighted by Crippen LogP contribution is 2.12. The van der Waals surface area contributed by atoms with Gasteiger partial charge in [-0.05, 0) is 29.6 Å². The Labute approximate surface area is 97.3 Å². The highest BCUT2D eigenvalue weighted by molar-refractivity contribution is 14.1. The molecule has 0 amide bonds. The van der Waals surface area contributed by atoms with Gasteiger partial charge in [0.15, 0.2) is 0 Å². The summed E-state index contributed by atoms with van der Waals surface area (Å²) in [5.41, 5.74) is 0. The SMILES string of the molecule is CN1CC(CNc2ncc(I)cn2)C1. The molecule has 1 aliphatic rings. The minimum absolute atomic E-state index is 0.736. The van der Waals surface area contributed by atoms with E-state index in [-0.39, 0.29) is 0 Å². The summed E-state index contributed by atoms with van der Waals surface area (Å²) in [6.45, 7) is 3.33. The molecule has 1 aromatic rings. The normalized spacial score (nSPS) is 17.9. The van der Waals surface area contributed by atoms with Crippen LogP contribution < -0.4 is 5.32 Å². The first-order valence-electron chi connectivity index (χ1n) is 4.64. The molecular formula is C9H13IN4. The van der Waals surface area contributed by atoms with Crippen molar-refractivity contribution in [2.75, 3.05) is 32.0 Å². The van der Waals surface area contributed by atoms with Gasteiger partial charge >= 0.3 is 0 Å². The van der Waals surface area contributed by atoms with E-state index >= 15 is 0 Å². The maximum absolute atomic E-state index is 4.18. The Morgan fingerprint density at radius 1 is 1.50 bits per heavy atom. The van der Waals surface area contributed by atoms with E-state index in [1.807, 2.05) is 12.4 Å². The summed E-state index contributed by atoms with van der Waals surface area (Å²) < 4.78 is 1.07. The number of anilines is 1. The fourth-order valence-corrected chi connectivity index (χ4v) is 1.87. The van der Waals surface area contributed by atoms with E-state index < -0.39 is 0 Å². The maximum atomic E-state index is 4.18. The Morgan fingerprint density at radius 3 is 2.71 bits per heavy atom. The largest absolute Gasteiger partial charge is 0.354 e. The number of aromatic nitrogens is 2. The van der Waals surface area contributed by atoms with Gasteiger partial charge in [0.05, 0.1) is 0 Å². The molecule has 0 spiro atoms. The molecule has 14 heavy (non-hydrogen) atoms. The first-order valence-corrected chi connectivity index (χ1v) is 5.72. The zero-order chi connectivity index (χ0) is 9.97. The van der Waals surface area contributed by atoms with Crippen molar-refractivity contribution in [3.8, 4) is 0 Å². The van der Waals surface area contributed by atoms with E-state index in [1.54, 1.807) is 0 Å².